The molecule has 0 unspecified atom stereocenters. The molecule has 1 aromatic carbocycles. The zero-order valence-corrected chi connectivity index (χ0v) is 16.7. The number of ether oxygens (including phenoxy) is 2. The topological polar surface area (TPSA) is 77.5 Å². The van der Waals surface area contributed by atoms with Crippen LogP contribution in [0.1, 0.15) is 56.0 Å². The minimum atomic E-state index is -0.168. The highest BCUT2D eigenvalue weighted by Crippen LogP contribution is 2.14. The molecule has 1 aromatic heterocycles. The zero-order chi connectivity index (χ0) is 20.4. The number of Topliss-reactive ketones (excluding diaryl/α,β-unsaturated/α-hetero) is 1. The molecule has 0 aliphatic heterocycles. The van der Waals surface area contributed by atoms with Crippen LogP contribution in [0.25, 0.3) is 0 Å². The average molecular weight is 384 g/mol. The molecule has 2 rings (SSSR count). The van der Waals surface area contributed by atoms with Crippen molar-refractivity contribution in [3.05, 3.63) is 53.7 Å². The highest BCUT2D eigenvalue weighted by molar-refractivity contribution is 5.98. The van der Waals surface area contributed by atoms with Crippen LogP contribution in [0.15, 0.2) is 42.6 Å². The summed E-state index contributed by atoms with van der Waals surface area (Å²) in [6.45, 7) is 6.93. The average Bonchev–Trinajstić information content (AvgIpc) is 2.70. The first-order valence-corrected chi connectivity index (χ1v) is 9.62. The van der Waals surface area contributed by atoms with Gasteiger partial charge in [0.1, 0.15) is 5.75 Å². The minimum Gasteiger partial charge on any atom is -0.494 e. The van der Waals surface area contributed by atoms with Gasteiger partial charge in [-0.15, -0.1) is 0 Å². The number of pyridine rings is 1. The Labute approximate surface area is 166 Å². The molecule has 6 heteroatoms. The molecule has 1 N–H and O–H groups in total. The molecule has 1 heterocycles. The summed E-state index contributed by atoms with van der Waals surface area (Å²) in [5, 5.41) is 2.81. The predicted molar refractivity (Wildman–Crippen MR) is 108 cm³/mol. The van der Waals surface area contributed by atoms with Gasteiger partial charge in [0.15, 0.2) is 5.78 Å². The van der Waals surface area contributed by atoms with Gasteiger partial charge in [-0.2, -0.15) is 0 Å². The lowest BCUT2D eigenvalue weighted by molar-refractivity contribution is -0.121. The van der Waals surface area contributed by atoms with Gasteiger partial charge in [-0.3, -0.25) is 9.59 Å². The van der Waals surface area contributed by atoms with E-state index in [9.17, 15) is 9.59 Å². The highest BCUT2D eigenvalue weighted by atomic mass is 16.5. The van der Waals surface area contributed by atoms with Crippen LogP contribution in [0, 0.1) is 0 Å². The Kier molecular flexibility index (Phi) is 8.46. The van der Waals surface area contributed by atoms with Crippen LogP contribution in [0.4, 0.5) is 0 Å². The Balaban J connectivity index is 1.73. The molecule has 150 valence electrons. The molecule has 0 radical (unpaired) electrons. The van der Waals surface area contributed by atoms with Crippen molar-refractivity contribution >= 4 is 11.7 Å². The summed E-state index contributed by atoms with van der Waals surface area (Å²) in [4.78, 5) is 28.4. The molecule has 0 aliphatic rings. The van der Waals surface area contributed by atoms with Crippen LogP contribution >= 0.6 is 0 Å². The summed E-state index contributed by atoms with van der Waals surface area (Å²) < 4.78 is 11.0. The molecule has 6 nitrogen and oxygen atoms in total. The number of ketones is 1. The second-order valence-electron chi connectivity index (χ2n) is 6.74. The molecule has 28 heavy (non-hydrogen) atoms. The fourth-order valence-electron chi connectivity index (χ4n) is 2.44. The van der Waals surface area contributed by atoms with Crippen molar-refractivity contribution in [3.8, 4) is 11.6 Å². The van der Waals surface area contributed by atoms with Gasteiger partial charge in [-0.25, -0.2) is 4.98 Å². The second kappa shape index (κ2) is 11.1. The van der Waals surface area contributed by atoms with Crippen LogP contribution in [-0.2, 0) is 11.3 Å². The number of hydrogen-bond acceptors (Lipinski definition) is 5. The van der Waals surface area contributed by atoms with Crippen molar-refractivity contribution in [3.63, 3.8) is 0 Å². The molecule has 0 saturated heterocycles. The maximum Gasteiger partial charge on any atom is 0.220 e. The van der Waals surface area contributed by atoms with E-state index < -0.39 is 0 Å². The van der Waals surface area contributed by atoms with Crippen LogP contribution in [0.3, 0.4) is 0 Å². The number of rotatable bonds is 11. The molecule has 2 aromatic rings. The summed E-state index contributed by atoms with van der Waals surface area (Å²) in [6.07, 6.45) is 2.98. The van der Waals surface area contributed by atoms with E-state index >= 15 is 0 Å². The van der Waals surface area contributed by atoms with E-state index in [1.807, 2.05) is 26.8 Å². The summed E-state index contributed by atoms with van der Waals surface area (Å²) in [6, 6.07) is 10.7. The third kappa shape index (κ3) is 7.39. The number of carbonyl (C=O) groups excluding carboxylic acids is 2. The van der Waals surface area contributed by atoms with E-state index in [0.29, 0.717) is 24.6 Å². The lowest BCUT2D eigenvalue weighted by atomic mass is 10.1. The van der Waals surface area contributed by atoms with E-state index in [1.165, 1.54) is 0 Å². The fourth-order valence-corrected chi connectivity index (χ4v) is 2.44. The summed E-state index contributed by atoms with van der Waals surface area (Å²) in [7, 11) is 0. The summed E-state index contributed by atoms with van der Waals surface area (Å²) in [5.74, 6) is 1.07. The van der Waals surface area contributed by atoms with Gasteiger partial charge in [0.2, 0.25) is 11.8 Å². The third-order valence-electron chi connectivity index (χ3n) is 3.87. The smallest absolute Gasteiger partial charge is 0.220 e. The molecule has 0 bridgehead atoms. The lowest BCUT2D eigenvalue weighted by Gasteiger charge is -2.09. The Morgan fingerprint density at radius 3 is 2.43 bits per heavy atom. The van der Waals surface area contributed by atoms with E-state index in [-0.39, 0.29) is 30.6 Å². The van der Waals surface area contributed by atoms with Crippen LogP contribution in [0.2, 0.25) is 0 Å². The van der Waals surface area contributed by atoms with E-state index in [2.05, 4.69) is 10.3 Å². The molecule has 0 spiro atoms. The van der Waals surface area contributed by atoms with Gasteiger partial charge >= 0.3 is 0 Å². The molecule has 0 aliphatic carbocycles. The van der Waals surface area contributed by atoms with Gasteiger partial charge in [0.05, 0.1) is 12.7 Å². The Morgan fingerprint density at radius 2 is 1.82 bits per heavy atom. The summed E-state index contributed by atoms with van der Waals surface area (Å²) in [5.41, 5.74) is 1.46. The lowest BCUT2D eigenvalue weighted by Crippen LogP contribution is -2.23. The van der Waals surface area contributed by atoms with Crippen molar-refractivity contribution in [1.82, 2.24) is 10.3 Å². The van der Waals surface area contributed by atoms with Gasteiger partial charge < -0.3 is 14.8 Å². The van der Waals surface area contributed by atoms with Gasteiger partial charge in [-0.1, -0.05) is 13.0 Å². The number of hydrogen-bond donors (Lipinski definition) is 1. The quantitative estimate of drug-likeness (QED) is 0.594. The van der Waals surface area contributed by atoms with E-state index in [0.717, 1.165) is 17.7 Å². The first-order valence-electron chi connectivity index (χ1n) is 9.62. The molecular formula is C22H28N2O4. The molecule has 0 fully saturated rings. The second-order valence-corrected chi connectivity index (χ2v) is 6.74. The van der Waals surface area contributed by atoms with E-state index in [1.54, 1.807) is 36.5 Å². The monoisotopic (exact) mass is 384 g/mol. The number of nitrogens with zero attached hydrogens (tertiary/aromatic N) is 1. The molecule has 1 amide bonds. The van der Waals surface area contributed by atoms with Crippen molar-refractivity contribution < 1.29 is 19.1 Å². The zero-order valence-electron chi connectivity index (χ0n) is 16.7. The number of aromatic nitrogens is 1. The van der Waals surface area contributed by atoms with Crippen molar-refractivity contribution in [2.24, 2.45) is 0 Å². The Hall–Kier alpha value is -2.89. The van der Waals surface area contributed by atoms with Crippen LogP contribution in [-0.4, -0.2) is 29.4 Å². The van der Waals surface area contributed by atoms with Crippen LogP contribution in [0.5, 0.6) is 11.6 Å². The fraction of sp³-hybridized carbons (Fsp3) is 0.409. The third-order valence-corrected chi connectivity index (χ3v) is 3.87. The van der Waals surface area contributed by atoms with Crippen molar-refractivity contribution in [2.45, 2.75) is 52.7 Å². The Morgan fingerprint density at radius 1 is 1.07 bits per heavy atom. The van der Waals surface area contributed by atoms with Crippen molar-refractivity contribution in [1.29, 1.82) is 0 Å². The van der Waals surface area contributed by atoms with Gasteiger partial charge in [0, 0.05) is 37.2 Å². The van der Waals surface area contributed by atoms with Gasteiger partial charge in [-0.05, 0) is 50.1 Å². The van der Waals surface area contributed by atoms with Crippen molar-refractivity contribution in [2.75, 3.05) is 6.61 Å². The SMILES string of the molecule is CCCOc1ccc(C(=O)CCC(=O)NCc2ccc(OC(C)C)nc2)cc1. The standard InChI is InChI=1S/C22H28N2O4/c1-4-13-27-19-8-6-18(7-9-19)20(25)10-11-21(26)23-14-17-5-12-22(24-15-17)28-16(2)3/h5-9,12,15-16H,4,10-11,13-14H2,1-3H3,(H,23,26). The normalized spacial score (nSPS) is 10.6. The number of nitrogens with one attached hydrogen (secondary N) is 1. The van der Waals surface area contributed by atoms with Crippen LogP contribution < -0.4 is 14.8 Å². The Bertz CT molecular complexity index is 755. The maximum absolute atomic E-state index is 12.2. The molecule has 0 atom stereocenters. The van der Waals surface area contributed by atoms with E-state index in [4.69, 9.17) is 9.47 Å². The number of carbonyl (C=O) groups is 2. The molecule has 0 saturated carbocycles. The van der Waals surface area contributed by atoms with Gasteiger partial charge in [0.25, 0.3) is 0 Å². The predicted octanol–water partition coefficient (Wildman–Crippen LogP) is 3.94. The maximum atomic E-state index is 12.2. The molecular weight excluding hydrogens is 356 g/mol. The first-order chi connectivity index (χ1) is 13.5. The summed E-state index contributed by atoms with van der Waals surface area (Å²) >= 11 is 0. The minimum absolute atomic E-state index is 0.0611. The number of benzene rings is 1. The largest absolute Gasteiger partial charge is 0.494 e. The number of amides is 1. The first kappa shape index (κ1) is 21.4. The highest BCUT2D eigenvalue weighted by Gasteiger charge is 2.10.